The smallest absolute Gasteiger partial charge is 0.182 e. The van der Waals surface area contributed by atoms with E-state index in [4.69, 9.17) is 9.47 Å². The molecule has 0 N–H and O–H groups in total. The Hall–Kier alpha value is -1.68. The van der Waals surface area contributed by atoms with Crippen LogP contribution in [0.5, 0.6) is 5.75 Å². The molecular weight excluding hydrogens is 372 g/mol. The Morgan fingerprint density at radius 2 is 1.60 bits per heavy atom. The fraction of sp³-hybridized carbons (Fsp3) is 0.692. The van der Waals surface area contributed by atoms with Crippen LogP contribution in [0.25, 0.3) is 0 Å². The van der Waals surface area contributed by atoms with Crippen LogP contribution in [0.4, 0.5) is 0 Å². The molecule has 1 saturated carbocycles. The van der Waals surface area contributed by atoms with E-state index >= 15 is 0 Å². The molecule has 2 fully saturated rings. The van der Waals surface area contributed by atoms with Gasteiger partial charge < -0.3 is 14.4 Å². The van der Waals surface area contributed by atoms with Crippen LogP contribution in [0.15, 0.2) is 30.7 Å². The normalized spacial score (nSPS) is 21.9. The molecule has 1 aromatic carbocycles. The molecule has 1 aromatic rings. The van der Waals surface area contributed by atoms with E-state index in [-0.39, 0.29) is 11.7 Å². The van der Waals surface area contributed by atoms with Crippen molar-refractivity contribution in [2.24, 2.45) is 0 Å². The van der Waals surface area contributed by atoms with Gasteiger partial charge in [0.15, 0.2) is 5.88 Å². The summed E-state index contributed by atoms with van der Waals surface area (Å²) in [6.45, 7) is 14.6. The maximum Gasteiger partial charge on any atom is 0.182 e. The molecule has 1 aliphatic carbocycles. The van der Waals surface area contributed by atoms with Crippen LogP contribution < -0.4 is 4.74 Å². The van der Waals surface area contributed by atoms with Crippen molar-refractivity contribution in [3.05, 3.63) is 41.8 Å². The second kappa shape index (κ2) is 9.21. The summed E-state index contributed by atoms with van der Waals surface area (Å²) in [6.07, 6.45) is 10.3. The molecule has 4 nitrogen and oxygen atoms in total. The third kappa shape index (κ3) is 5.51. The fourth-order valence-corrected chi connectivity index (χ4v) is 5.26. The van der Waals surface area contributed by atoms with Crippen LogP contribution in [0.3, 0.4) is 0 Å². The van der Waals surface area contributed by atoms with Crippen molar-refractivity contribution in [2.75, 3.05) is 26.2 Å². The number of piperidine rings is 1. The summed E-state index contributed by atoms with van der Waals surface area (Å²) < 4.78 is 12.3. The molecule has 0 bridgehead atoms. The average molecular weight is 413 g/mol. The highest BCUT2D eigenvalue weighted by atomic mass is 16.5. The Bertz CT molecular complexity index is 725. The third-order valence-corrected chi connectivity index (χ3v) is 6.88. The van der Waals surface area contributed by atoms with E-state index in [0.717, 1.165) is 50.0 Å². The van der Waals surface area contributed by atoms with E-state index in [2.05, 4.69) is 55.3 Å². The summed E-state index contributed by atoms with van der Waals surface area (Å²) in [6, 6.07) is 7.66. The largest absolute Gasteiger partial charge is 0.490 e. The lowest BCUT2D eigenvalue weighted by atomic mass is 10.0. The predicted octanol–water partition coefficient (Wildman–Crippen LogP) is 5.16. The lowest BCUT2D eigenvalue weighted by Crippen LogP contribution is -2.39. The number of nitrogens with zero attached hydrogens (tertiary/aromatic N) is 2. The second-order valence-electron chi connectivity index (χ2n) is 10.3. The van der Waals surface area contributed by atoms with Gasteiger partial charge in [-0.1, -0.05) is 18.9 Å². The molecule has 0 radical (unpaired) electrons. The number of hydrogen-bond donors (Lipinski definition) is 0. The Morgan fingerprint density at radius 1 is 0.933 bits per heavy atom. The first kappa shape index (κ1) is 21.5. The quantitative estimate of drug-likeness (QED) is 0.624. The highest BCUT2D eigenvalue weighted by molar-refractivity contribution is 5.37. The van der Waals surface area contributed by atoms with Gasteiger partial charge in [0.25, 0.3) is 0 Å². The van der Waals surface area contributed by atoms with Gasteiger partial charge >= 0.3 is 0 Å². The minimum Gasteiger partial charge on any atom is -0.490 e. The van der Waals surface area contributed by atoms with Crippen LogP contribution in [0.2, 0.25) is 0 Å². The molecule has 30 heavy (non-hydrogen) atoms. The third-order valence-electron chi connectivity index (χ3n) is 6.88. The van der Waals surface area contributed by atoms with E-state index in [1.165, 1.54) is 56.3 Å². The highest BCUT2D eigenvalue weighted by Gasteiger charge is 2.26. The van der Waals surface area contributed by atoms with Gasteiger partial charge in [0.05, 0.1) is 0 Å². The summed E-state index contributed by atoms with van der Waals surface area (Å²) in [5.41, 5.74) is 2.82. The SMILES string of the molecule is C=C(OC(C)(C)C)N1CCC(Oc2ccc3c(c2)CCN(C2CCCC2)CC3)CC1. The van der Waals surface area contributed by atoms with Gasteiger partial charge in [-0.2, -0.15) is 0 Å². The zero-order valence-corrected chi connectivity index (χ0v) is 19.3. The van der Waals surface area contributed by atoms with Crippen LogP contribution in [0, 0.1) is 0 Å². The number of fused-ring (bicyclic) bond motifs is 1. The summed E-state index contributed by atoms with van der Waals surface area (Å²) in [4.78, 5) is 5.00. The second-order valence-corrected chi connectivity index (χ2v) is 10.3. The van der Waals surface area contributed by atoms with E-state index in [9.17, 15) is 0 Å². The summed E-state index contributed by atoms with van der Waals surface area (Å²) in [5, 5.41) is 0. The Kier molecular flexibility index (Phi) is 6.62. The van der Waals surface area contributed by atoms with E-state index in [1.54, 1.807) is 0 Å². The number of benzene rings is 1. The van der Waals surface area contributed by atoms with Gasteiger partial charge in [-0.3, -0.25) is 4.90 Å². The molecule has 0 amide bonds. The summed E-state index contributed by atoms with van der Waals surface area (Å²) in [7, 11) is 0. The monoisotopic (exact) mass is 412 g/mol. The van der Waals surface area contributed by atoms with Gasteiger partial charge in [0.1, 0.15) is 17.5 Å². The Labute approximate surface area is 183 Å². The summed E-state index contributed by atoms with van der Waals surface area (Å²) in [5.74, 6) is 1.84. The number of ether oxygens (including phenoxy) is 2. The lowest BCUT2D eigenvalue weighted by molar-refractivity contribution is -0.0114. The standard InChI is InChI=1S/C26H40N2O2/c1-20(30-26(2,3)4)27-17-13-24(14-18-27)29-25-10-9-21-11-15-28(16-12-22(21)19-25)23-7-5-6-8-23/h9-10,19,23-24H,1,5-8,11-18H2,2-4H3. The van der Waals surface area contributed by atoms with E-state index < -0.39 is 0 Å². The molecule has 0 unspecified atom stereocenters. The van der Waals surface area contributed by atoms with Crippen molar-refractivity contribution in [1.82, 2.24) is 9.80 Å². The minimum atomic E-state index is -0.195. The Morgan fingerprint density at radius 3 is 2.27 bits per heavy atom. The molecule has 2 aliphatic heterocycles. The van der Waals surface area contributed by atoms with Crippen LogP contribution >= 0.6 is 0 Å². The van der Waals surface area contributed by atoms with E-state index in [1.807, 2.05) is 0 Å². The van der Waals surface area contributed by atoms with Crippen molar-refractivity contribution >= 4 is 0 Å². The van der Waals surface area contributed by atoms with Gasteiger partial charge in [0.2, 0.25) is 0 Å². The lowest BCUT2D eigenvalue weighted by Gasteiger charge is -2.36. The predicted molar refractivity (Wildman–Crippen MR) is 123 cm³/mol. The topological polar surface area (TPSA) is 24.9 Å². The van der Waals surface area contributed by atoms with E-state index in [0.29, 0.717) is 0 Å². The van der Waals surface area contributed by atoms with Gasteiger partial charge in [-0.25, -0.2) is 0 Å². The van der Waals surface area contributed by atoms with Gasteiger partial charge in [0, 0.05) is 45.1 Å². The average Bonchev–Trinajstić information content (AvgIpc) is 3.15. The van der Waals surface area contributed by atoms with Crippen molar-refractivity contribution in [2.45, 2.75) is 89.9 Å². The van der Waals surface area contributed by atoms with Crippen molar-refractivity contribution in [3.8, 4) is 5.75 Å². The molecule has 4 heteroatoms. The number of rotatable bonds is 5. The molecule has 0 atom stereocenters. The molecule has 4 rings (SSSR count). The maximum absolute atomic E-state index is 6.41. The molecule has 3 aliphatic rings. The zero-order chi connectivity index (χ0) is 21.1. The van der Waals surface area contributed by atoms with Crippen molar-refractivity contribution in [1.29, 1.82) is 0 Å². The van der Waals surface area contributed by atoms with Gasteiger partial charge in [-0.05, 0) is 76.3 Å². The summed E-state index contributed by atoms with van der Waals surface area (Å²) >= 11 is 0. The minimum absolute atomic E-state index is 0.195. The maximum atomic E-state index is 6.41. The van der Waals surface area contributed by atoms with Crippen molar-refractivity contribution < 1.29 is 9.47 Å². The molecular formula is C26H40N2O2. The first-order valence-electron chi connectivity index (χ1n) is 12.0. The van der Waals surface area contributed by atoms with Crippen LogP contribution in [-0.2, 0) is 17.6 Å². The molecule has 1 saturated heterocycles. The first-order chi connectivity index (χ1) is 14.4. The molecule has 0 spiro atoms. The number of hydrogen-bond acceptors (Lipinski definition) is 4. The van der Waals surface area contributed by atoms with Crippen LogP contribution in [0.1, 0.15) is 70.4 Å². The molecule has 166 valence electrons. The first-order valence-corrected chi connectivity index (χ1v) is 12.0. The Balaban J connectivity index is 1.29. The van der Waals surface area contributed by atoms with Crippen LogP contribution in [-0.4, -0.2) is 53.7 Å². The fourth-order valence-electron chi connectivity index (χ4n) is 5.26. The molecule has 2 heterocycles. The highest BCUT2D eigenvalue weighted by Crippen LogP contribution is 2.29. The van der Waals surface area contributed by atoms with Crippen molar-refractivity contribution in [3.63, 3.8) is 0 Å². The van der Waals surface area contributed by atoms with Gasteiger partial charge in [-0.15, -0.1) is 0 Å². The number of likely N-dealkylation sites (tertiary alicyclic amines) is 1. The molecule has 0 aromatic heterocycles. The zero-order valence-electron chi connectivity index (χ0n) is 19.3.